The number of anilines is 2. The highest BCUT2D eigenvalue weighted by Gasteiger charge is 2.05. The Morgan fingerprint density at radius 3 is 2.94 bits per heavy atom. The van der Waals surface area contributed by atoms with Gasteiger partial charge >= 0.3 is 0 Å². The first kappa shape index (κ1) is 12.6. The maximum atomic E-state index is 5.03. The third kappa shape index (κ3) is 2.69. The fourth-order valence-electron chi connectivity index (χ4n) is 1.43. The Balaban J connectivity index is 0.00000120. The molecule has 3 aromatic heterocycles. The number of aromatic nitrogens is 2. The van der Waals surface area contributed by atoms with Gasteiger partial charge < -0.3 is 9.73 Å². The van der Waals surface area contributed by atoms with Crippen molar-refractivity contribution in [3.8, 4) is 11.3 Å². The Labute approximate surface area is 114 Å². The van der Waals surface area contributed by atoms with Gasteiger partial charge in [0.2, 0.25) is 0 Å². The molecule has 3 rings (SSSR count). The molecular weight excluding hydrogens is 270 g/mol. The molecule has 0 spiro atoms. The van der Waals surface area contributed by atoms with Crippen LogP contribution in [0.4, 0.5) is 10.8 Å². The van der Waals surface area contributed by atoms with E-state index in [4.69, 9.17) is 4.42 Å². The first-order chi connectivity index (χ1) is 8.42. The second kappa shape index (κ2) is 5.66. The van der Waals surface area contributed by atoms with E-state index in [1.165, 1.54) is 0 Å². The summed E-state index contributed by atoms with van der Waals surface area (Å²) in [5.74, 6) is 0. The lowest BCUT2D eigenvalue weighted by atomic mass is 10.3. The molecule has 3 heterocycles. The molecule has 0 amide bonds. The van der Waals surface area contributed by atoms with E-state index in [-0.39, 0.29) is 12.4 Å². The molecular formula is C12H10ClN3OS. The maximum Gasteiger partial charge on any atom is 0.187 e. The molecule has 3 aromatic rings. The van der Waals surface area contributed by atoms with Crippen LogP contribution >= 0.6 is 23.7 Å². The summed E-state index contributed by atoms with van der Waals surface area (Å²) in [6.45, 7) is 0. The molecule has 0 fully saturated rings. The van der Waals surface area contributed by atoms with Gasteiger partial charge in [-0.05, 0) is 18.2 Å². The Hall–Kier alpha value is -1.85. The van der Waals surface area contributed by atoms with Crippen LogP contribution in [0.2, 0.25) is 0 Å². The van der Waals surface area contributed by atoms with Crippen LogP contribution in [0.1, 0.15) is 0 Å². The van der Waals surface area contributed by atoms with Crippen LogP contribution in [-0.4, -0.2) is 9.97 Å². The minimum absolute atomic E-state index is 0. The molecule has 0 aromatic carbocycles. The van der Waals surface area contributed by atoms with Gasteiger partial charge in [-0.2, -0.15) is 0 Å². The quantitative estimate of drug-likeness (QED) is 0.788. The Kier molecular flexibility index (Phi) is 3.96. The Morgan fingerprint density at radius 2 is 2.22 bits per heavy atom. The van der Waals surface area contributed by atoms with Crippen molar-refractivity contribution in [2.45, 2.75) is 0 Å². The van der Waals surface area contributed by atoms with Gasteiger partial charge in [0.15, 0.2) is 5.13 Å². The van der Waals surface area contributed by atoms with Gasteiger partial charge in [-0.1, -0.05) is 0 Å². The van der Waals surface area contributed by atoms with E-state index in [1.54, 1.807) is 36.3 Å². The summed E-state index contributed by atoms with van der Waals surface area (Å²) in [5.41, 5.74) is 2.83. The standard InChI is InChI=1S/C12H9N3OS.ClH/c1-2-10(6-13-4-1)14-12-15-11(8-17-12)9-3-5-16-7-9;/h1-8H,(H,14,15);1H. The molecule has 0 saturated heterocycles. The van der Waals surface area contributed by atoms with Crippen molar-refractivity contribution in [3.63, 3.8) is 0 Å². The van der Waals surface area contributed by atoms with Gasteiger partial charge in [-0.3, -0.25) is 4.98 Å². The highest BCUT2D eigenvalue weighted by atomic mass is 35.5. The third-order valence-electron chi connectivity index (χ3n) is 2.23. The van der Waals surface area contributed by atoms with Crippen molar-refractivity contribution in [2.24, 2.45) is 0 Å². The van der Waals surface area contributed by atoms with E-state index in [1.807, 2.05) is 23.6 Å². The molecule has 0 radical (unpaired) electrons. The summed E-state index contributed by atoms with van der Waals surface area (Å²) in [7, 11) is 0. The zero-order valence-electron chi connectivity index (χ0n) is 9.24. The molecule has 0 aliphatic rings. The van der Waals surface area contributed by atoms with E-state index in [2.05, 4.69) is 15.3 Å². The van der Waals surface area contributed by atoms with Gasteiger partial charge in [0, 0.05) is 17.1 Å². The number of pyridine rings is 1. The summed E-state index contributed by atoms with van der Waals surface area (Å²) in [4.78, 5) is 8.50. The smallest absolute Gasteiger partial charge is 0.187 e. The largest absolute Gasteiger partial charge is 0.472 e. The third-order valence-corrected chi connectivity index (χ3v) is 2.99. The lowest BCUT2D eigenvalue weighted by molar-refractivity contribution is 0.568. The number of halogens is 1. The lowest BCUT2D eigenvalue weighted by Crippen LogP contribution is -1.89. The average Bonchev–Trinajstić information content (AvgIpc) is 3.00. The fraction of sp³-hybridized carbons (Fsp3) is 0. The number of thiazole rings is 1. The highest BCUT2D eigenvalue weighted by molar-refractivity contribution is 7.14. The molecule has 92 valence electrons. The first-order valence-corrected chi connectivity index (χ1v) is 5.95. The molecule has 0 bridgehead atoms. The van der Waals surface area contributed by atoms with Crippen molar-refractivity contribution in [1.29, 1.82) is 0 Å². The number of hydrogen-bond donors (Lipinski definition) is 1. The molecule has 0 saturated carbocycles. The predicted molar refractivity (Wildman–Crippen MR) is 74.6 cm³/mol. The first-order valence-electron chi connectivity index (χ1n) is 5.07. The minimum Gasteiger partial charge on any atom is -0.472 e. The number of rotatable bonds is 3. The van der Waals surface area contributed by atoms with Crippen LogP contribution in [0, 0.1) is 0 Å². The molecule has 0 atom stereocenters. The normalized spacial score (nSPS) is 9.78. The van der Waals surface area contributed by atoms with Crippen molar-refractivity contribution in [1.82, 2.24) is 9.97 Å². The van der Waals surface area contributed by atoms with E-state index in [9.17, 15) is 0 Å². The highest BCUT2D eigenvalue weighted by Crippen LogP contribution is 2.26. The van der Waals surface area contributed by atoms with E-state index < -0.39 is 0 Å². The second-order valence-electron chi connectivity index (χ2n) is 3.42. The maximum absolute atomic E-state index is 5.03. The summed E-state index contributed by atoms with van der Waals surface area (Å²) in [5, 5.41) is 6.03. The minimum atomic E-state index is 0. The van der Waals surface area contributed by atoms with Gasteiger partial charge in [-0.15, -0.1) is 23.7 Å². The summed E-state index contributed by atoms with van der Waals surface area (Å²) < 4.78 is 5.03. The molecule has 0 unspecified atom stereocenters. The van der Waals surface area contributed by atoms with E-state index in [0.29, 0.717) is 0 Å². The number of nitrogens with zero attached hydrogens (tertiary/aromatic N) is 2. The molecule has 1 N–H and O–H groups in total. The van der Waals surface area contributed by atoms with E-state index in [0.717, 1.165) is 22.1 Å². The average molecular weight is 280 g/mol. The van der Waals surface area contributed by atoms with Crippen LogP contribution in [0.5, 0.6) is 0 Å². The Morgan fingerprint density at radius 1 is 1.28 bits per heavy atom. The van der Waals surface area contributed by atoms with Gasteiger partial charge in [0.25, 0.3) is 0 Å². The summed E-state index contributed by atoms with van der Waals surface area (Å²) >= 11 is 1.55. The monoisotopic (exact) mass is 279 g/mol. The Bertz CT molecular complexity index is 595. The molecule has 6 heteroatoms. The second-order valence-corrected chi connectivity index (χ2v) is 4.27. The van der Waals surface area contributed by atoms with Crippen LogP contribution in [0.3, 0.4) is 0 Å². The molecule has 0 aliphatic heterocycles. The summed E-state index contributed by atoms with van der Waals surface area (Å²) in [6, 6.07) is 5.72. The van der Waals surface area contributed by atoms with Gasteiger partial charge in [0.1, 0.15) is 0 Å². The van der Waals surface area contributed by atoms with Crippen LogP contribution < -0.4 is 5.32 Å². The SMILES string of the molecule is Cl.c1cncc(Nc2nc(-c3ccoc3)cs2)c1. The van der Waals surface area contributed by atoms with Gasteiger partial charge in [0.05, 0.1) is 30.1 Å². The zero-order chi connectivity index (χ0) is 11.5. The lowest BCUT2D eigenvalue weighted by Gasteiger charge is -1.99. The van der Waals surface area contributed by atoms with Crippen LogP contribution in [0.15, 0.2) is 52.9 Å². The summed E-state index contributed by atoms with van der Waals surface area (Å²) in [6.07, 6.45) is 6.83. The molecule has 0 aliphatic carbocycles. The number of furan rings is 1. The van der Waals surface area contributed by atoms with Crippen LogP contribution in [-0.2, 0) is 0 Å². The van der Waals surface area contributed by atoms with Crippen LogP contribution in [0.25, 0.3) is 11.3 Å². The van der Waals surface area contributed by atoms with Crippen molar-refractivity contribution in [3.05, 3.63) is 48.5 Å². The predicted octanol–water partition coefficient (Wildman–Crippen LogP) is 3.96. The molecule has 18 heavy (non-hydrogen) atoms. The van der Waals surface area contributed by atoms with Gasteiger partial charge in [-0.25, -0.2) is 4.98 Å². The topological polar surface area (TPSA) is 51.0 Å². The molecule has 4 nitrogen and oxygen atoms in total. The number of hydrogen-bond acceptors (Lipinski definition) is 5. The fourth-order valence-corrected chi connectivity index (χ4v) is 2.17. The zero-order valence-corrected chi connectivity index (χ0v) is 10.9. The van der Waals surface area contributed by atoms with E-state index >= 15 is 0 Å². The van der Waals surface area contributed by atoms with Crippen molar-refractivity contribution < 1.29 is 4.42 Å². The number of nitrogens with one attached hydrogen (secondary N) is 1. The van der Waals surface area contributed by atoms with Crippen molar-refractivity contribution >= 4 is 34.6 Å². The van der Waals surface area contributed by atoms with Crippen molar-refractivity contribution in [2.75, 3.05) is 5.32 Å².